The molecule has 1 aromatic carbocycles. The number of amides is 3. The zero-order valence-electron chi connectivity index (χ0n) is 22.1. The highest BCUT2D eigenvalue weighted by Gasteiger charge is 2.27. The molecule has 1 unspecified atom stereocenters. The van der Waals surface area contributed by atoms with Crippen molar-refractivity contribution in [1.29, 1.82) is 0 Å². The normalized spacial score (nSPS) is 16.2. The number of anilines is 1. The minimum absolute atomic E-state index is 0.135. The summed E-state index contributed by atoms with van der Waals surface area (Å²) in [7, 11) is 0. The molecule has 3 amide bonds. The number of allylic oxidation sites excluding steroid dienone is 3. The van der Waals surface area contributed by atoms with Crippen LogP contribution in [0.15, 0.2) is 74.7 Å². The molecule has 0 saturated carbocycles. The molecular weight excluding hydrogens is 502 g/mol. The van der Waals surface area contributed by atoms with E-state index < -0.39 is 17.6 Å². The van der Waals surface area contributed by atoms with Crippen molar-refractivity contribution in [2.75, 3.05) is 18.4 Å². The number of azo groups is 1. The standard InChI is InChI=1S/C27H31N7O5/c1-27(2,3)38-26(37)30-18-9-6-8-17(16-18)23-31-22(39-34-23)13-12-21(35)28-14-7-15-29-24-19-10-4-5-11-20(19)25(36)33-32-24/h4-6,8-11,16,20,29H,7,12-15H2,1-3H3,(H,28,35)(H,30,37). The number of aryl methyl sites for hydroxylation is 1. The van der Waals surface area contributed by atoms with Gasteiger partial charge in [0.2, 0.25) is 17.6 Å². The number of hydrogen-bond donors (Lipinski definition) is 3. The summed E-state index contributed by atoms with van der Waals surface area (Å²) in [5.41, 5.74) is 1.38. The number of carbonyl (C=O) groups excluding carboxylic acids is 3. The fraction of sp³-hybridized carbons (Fsp3) is 0.370. The Hall–Kier alpha value is -4.61. The van der Waals surface area contributed by atoms with Gasteiger partial charge in [0.05, 0.1) is 5.92 Å². The van der Waals surface area contributed by atoms with E-state index in [-0.39, 0.29) is 18.2 Å². The lowest BCUT2D eigenvalue weighted by molar-refractivity contribution is -0.121. The van der Waals surface area contributed by atoms with Crippen molar-refractivity contribution in [1.82, 2.24) is 20.8 Å². The number of ether oxygens (including phenoxy) is 1. The van der Waals surface area contributed by atoms with Gasteiger partial charge in [-0.25, -0.2) is 4.79 Å². The van der Waals surface area contributed by atoms with Crippen LogP contribution in [0.5, 0.6) is 0 Å². The molecule has 1 aliphatic carbocycles. The Bertz CT molecular complexity index is 1350. The van der Waals surface area contributed by atoms with Gasteiger partial charge in [0.1, 0.15) is 5.60 Å². The zero-order valence-corrected chi connectivity index (χ0v) is 22.1. The lowest BCUT2D eigenvalue weighted by Crippen LogP contribution is -2.28. The van der Waals surface area contributed by atoms with Crippen LogP contribution in [0.4, 0.5) is 10.5 Å². The summed E-state index contributed by atoms with van der Waals surface area (Å²) in [5.74, 6) is 0.459. The number of nitrogens with one attached hydrogen (secondary N) is 3. The summed E-state index contributed by atoms with van der Waals surface area (Å²) in [4.78, 5) is 40.5. The van der Waals surface area contributed by atoms with Crippen LogP contribution in [0.25, 0.3) is 11.4 Å². The maximum atomic E-state index is 12.3. The number of nitrogens with zero attached hydrogens (tertiary/aromatic N) is 4. The van der Waals surface area contributed by atoms with Gasteiger partial charge in [0.25, 0.3) is 5.91 Å². The van der Waals surface area contributed by atoms with Gasteiger partial charge in [-0.1, -0.05) is 41.6 Å². The first-order valence-electron chi connectivity index (χ1n) is 12.7. The lowest BCUT2D eigenvalue weighted by Gasteiger charge is -2.20. The van der Waals surface area contributed by atoms with Gasteiger partial charge in [0.15, 0.2) is 5.82 Å². The number of aromatic nitrogens is 2. The lowest BCUT2D eigenvalue weighted by atomic mass is 9.93. The first-order valence-corrected chi connectivity index (χ1v) is 12.7. The molecule has 2 aromatic rings. The van der Waals surface area contributed by atoms with Crippen LogP contribution >= 0.6 is 0 Å². The molecule has 204 valence electrons. The highest BCUT2D eigenvalue weighted by Crippen LogP contribution is 2.27. The second-order valence-corrected chi connectivity index (χ2v) is 9.91. The first-order chi connectivity index (χ1) is 18.7. The molecule has 0 fully saturated rings. The number of fused-ring (bicyclic) bond motifs is 1. The third kappa shape index (κ3) is 7.94. The largest absolute Gasteiger partial charge is 0.444 e. The monoisotopic (exact) mass is 533 g/mol. The third-order valence-corrected chi connectivity index (χ3v) is 5.58. The number of benzene rings is 1. The van der Waals surface area contributed by atoms with Crippen molar-refractivity contribution in [3.8, 4) is 11.4 Å². The molecule has 2 aliphatic rings. The van der Waals surface area contributed by atoms with E-state index in [1.165, 1.54) is 0 Å². The second-order valence-electron chi connectivity index (χ2n) is 9.91. The summed E-state index contributed by atoms with van der Waals surface area (Å²) < 4.78 is 10.6. The molecule has 39 heavy (non-hydrogen) atoms. The Morgan fingerprint density at radius 2 is 1.97 bits per heavy atom. The summed E-state index contributed by atoms with van der Waals surface area (Å²) >= 11 is 0. The summed E-state index contributed by atoms with van der Waals surface area (Å²) in [6.07, 6.45) is 7.91. The second kappa shape index (κ2) is 12.3. The fourth-order valence-corrected chi connectivity index (χ4v) is 3.80. The minimum atomic E-state index is -0.607. The quantitative estimate of drug-likeness (QED) is 0.385. The van der Waals surface area contributed by atoms with Gasteiger partial charge in [0, 0.05) is 42.8 Å². The van der Waals surface area contributed by atoms with Crippen LogP contribution in [0, 0.1) is 5.92 Å². The molecule has 12 heteroatoms. The van der Waals surface area contributed by atoms with Crippen LogP contribution in [0.3, 0.4) is 0 Å². The van der Waals surface area contributed by atoms with Crippen molar-refractivity contribution in [3.63, 3.8) is 0 Å². The van der Waals surface area contributed by atoms with Crippen molar-refractivity contribution in [2.24, 2.45) is 16.1 Å². The summed E-state index contributed by atoms with van der Waals surface area (Å²) in [6.45, 7) is 6.40. The van der Waals surface area contributed by atoms with E-state index in [9.17, 15) is 14.4 Å². The van der Waals surface area contributed by atoms with E-state index in [0.29, 0.717) is 54.7 Å². The molecule has 3 N–H and O–H groups in total. The Morgan fingerprint density at radius 1 is 1.13 bits per heavy atom. The van der Waals surface area contributed by atoms with E-state index in [4.69, 9.17) is 9.26 Å². The van der Waals surface area contributed by atoms with E-state index in [1.807, 2.05) is 18.2 Å². The molecule has 1 aromatic heterocycles. The first kappa shape index (κ1) is 27.4. The van der Waals surface area contributed by atoms with E-state index in [1.54, 1.807) is 51.1 Å². The molecule has 12 nitrogen and oxygen atoms in total. The van der Waals surface area contributed by atoms with Crippen molar-refractivity contribution in [2.45, 2.75) is 45.6 Å². The molecule has 0 saturated heterocycles. The molecule has 4 rings (SSSR count). The molecule has 0 spiro atoms. The molecule has 0 bridgehead atoms. The van der Waals surface area contributed by atoms with Crippen LogP contribution in [0.1, 0.15) is 39.5 Å². The smallest absolute Gasteiger partial charge is 0.412 e. The van der Waals surface area contributed by atoms with Crippen LogP contribution in [-0.2, 0) is 20.7 Å². The predicted octanol–water partition coefficient (Wildman–Crippen LogP) is 4.06. The average molecular weight is 534 g/mol. The highest BCUT2D eigenvalue weighted by molar-refractivity contribution is 5.86. The molecule has 1 atom stereocenters. The summed E-state index contributed by atoms with van der Waals surface area (Å²) in [6, 6.07) is 6.99. The van der Waals surface area contributed by atoms with Gasteiger partial charge in [-0.15, -0.1) is 10.2 Å². The maximum Gasteiger partial charge on any atom is 0.412 e. The van der Waals surface area contributed by atoms with Crippen LogP contribution in [0.2, 0.25) is 0 Å². The van der Waals surface area contributed by atoms with Gasteiger partial charge >= 0.3 is 6.09 Å². The van der Waals surface area contributed by atoms with Gasteiger partial charge in [-0.2, -0.15) is 4.98 Å². The van der Waals surface area contributed by atoms with Crippen LogP contribution in [-0.4, -0.2) is 46.7 Å². The average Bonchev–Trinajstić information content (AvgIpc) is 3.37. The van der Waals surface area contributed by atoms with Crippen molar-refractivity contribution < 1.29 is 23.6 Å². The van der Waals surface area contributed by atoms with E-state index in [2.05, 4.69) is 36.3 Å². The maximum absolute atomic E-state index is 12.3. The van der Waals surface area contributed by atoms with E-state index in [0.717, 1.165) is 5.57 Å². The molecule has 1 aliphatic heterocycles. The van der Waals surface area contributed by atoms with Gasteiger partial charge < -0.3 is 19.9 Å². The zero-order chi connectivity index (χ0) is 27.8. The Balaban J connectivity index is 1.18. The Labute approximate surface area is 225 Å². The summed E-state index contributed by atoms with van der Waals surface area (Å²) in [5, 5.41) is 20.4. The Kier molecular flexibility index (Phi) is 8.64. The third-order valence-electron chi connectivity index (χ3n) is 5.58. The van der Waals surface area contributed by atoms with Crippen molar-refractivity contribution in [3.05, 3.63) is 65.9 Å². The van der Waals surface area contributed by atoms with Crippen LogP contribution < -0.4 is 16.0 Å². The molecule has 0 radical (unpaired) electrons. The SMILES string of the molecule is CC(C)(C)OC(=O)Nc1cccc(-c2noc(CCC(=O)NCCCNC3=C4C=CC=CC4C(=O)N=N3)n2)c1. The number of hydrogen-bond acceptors (Lipinski definition) is 9. The van der Waals surface area contributed by atoms with E-state index >= 15 is 0 Å². The number of rotatable bonds is 10. The minimum Gasteiger partial charge on any atom is -0.444 e. The number of carbonyl (C=O) groups is 3. The fourth-order valence-electron chi connectivity index (χ4n) is 3.80. The predicted molar refractivity (Wildman–Crippen MR) is 142 cm³/mol. The van der Waals surface area contributed by atoms with Crippen molar-refractivity contribution >= 4 is 23.6 Å². The topological polar surface area (TPSA) is 160 Å². The molecule has 2 heterocycles. The highest BCUT2D eigenvalue weighted by atomic mass is 16.6. The Morgan fingerprint density at radius 3 is 2.79 bits per heavy atom. The van der Waals surface area contributed by atoms with Gasteiger partial charge in [-0.05, 0) is 39.3 Å². The molecular formula is C27H31N7O5. The van der Waals surface area contributed by atoms with Gasteiger partial charge in [-0.3, -0.25) is 14.9 Å².